The number of hydrogen-bond acceptors (Lipinski definition) is 4. The maximum atomic E-state index is 12.1. The highest BCUT2D eigenvalue weighted by Gasteiger charge is 2.12. The van der Waals surface area contributed by atoms with Crippen LogP contribution in [0.3, 0.4) is 0 Å². The van der Waals surface area contributed by atoms with Gasteiger partial charge in [0.2, 0.25) is 0 Å². The summed E-state index contributed by atoms with van der Waals surface area (Å²) in [6.45, 7) is 0.361. The van der Waals surface area contributed by atoms with Gasteiger partial charge in [0.1, 0.15) is 17.2 Å². The summed E-state index contributed by atoms with van der Waals surface area (Å²) in [6.07, 6.45) is 0. The Balaban J connectivity index is 2.04. The summed E-state index contributed by atoms with van der Waals surface area (Å²) >= 11 is 0. The van der Waals surface area contributed by atoms with E-state index in [9.17, 15) is 9.90 Å². The highest BCUT2D eigenvalue weighted by atomic mass is 16.5. The molecule has 0 spiro atoms. The quantitative estimate of drug-likeness (QED) is 0.885. The molecule has 0 fully saturated rings. The molecule has 0 saturated carbocycles. The number of carbonyl (C=O) groups excluding carboxylic acids is 1. The second-order valence-corrected chi connectivity index (χ2v) is 4.41. The molecule has 5 nitrogen and oxygen atoms in total. The SMILES string of the molecule is COc1ccc(CNC(=O)c2cc(OC)ccc2O)cc1. The van der Waals surface area contributed by atoms with Crippen molar-refractivity contribution >= 4 is 5.91 Å². The van der Waals surface area contributed by atoms with E-state index in [0.717, 1.165) is 11.3 Å². The number of carbonyl (C=O) groups is 1. The molecule has 5 heteroatoms. The van der Waals surface area contributed by atoms with Crippen LogP contribution in [0.2, 0.25) is 0 Å². The van der Waals surface area contributed by atoms with E-state index in [0.29, 0.717) is 12.3 Å². The third-order valence-corrected chi connectivity index (χ3v) is 3.06. The molecule has 2 aromatic carbocycles. The van der Waals surface area contributed by atoms with Gasteiger partial charge >= 0.3 is 0 Å². The minimum absolute atomic E-state index is 0.0805. The van der Waals surface area contributed by atoms with Crippen LogP contribution in [-0.2, 0) is 6.54 Å². The highest BCUT2D eigenvalue weighted by molar-refractivity contribution is 5.97. The van der Waals surface area contributed by atoms with Crippen molar-refractivity contribution in [2.24, 2.45) is 0 Å². The zero-order valence-corrected chi connectivity index (χ0v) is 11.9. The monoisotopic (exact) mass is 287 g/mol. The minimum Gasteiger partial charge on any atom is -0.507 e. The fourth-order valence-corrected chi connectivity index (χ4v) is 1.84. The van der Waals surface area contributed by atoms with Crippen LogP contribution in [-0.4, -0.2) is 25.2 Å². The summed E-state index contributed by atoms with van der Waals surface area (Å²) < 4.78 is 10.1. The maximum Gasteiger partial charge on any atom is 0.255 e. The van der Waals surface area contributed by atoms with E-state index in [-0.39, 0.29) is 17.2 Å². The molecule has 110 valence electrons. The van der Waals surface area contributed by atoms with Crippen molar-refractivity contribution < 1.29 is 19.4 Å². The molecule has 1 amide bonds. The van der Waals surface area contributed by atoms with Gasteiger partial charge in [0.15, 0.2) is 0 Å². The lowest BCUT2D eigenvalue weighted by atomic mass is 10.1. The van der Waals surface area contributed by atoms with Crippen molar-refractivity contribution in [3.05, 3.63) is 53.6 Å². The Hall–Kier alpha value is -2.69. The van der Waals surface area contributed by atoms with E-state index >= 15 is 0 Å². The third kappa shape index (κ3) is 3.66. The average molecular weight is 287 g/mol. The summed E-state index contributed by atoms with van der Waals surface area (Å²) in [5, 5.41) is 12.5. The molecule has 2 rings (SSSR count). The second kappa shape index (κ2) is 6.65. The van der Waals surface area contributed by atoms with Gasteiger partial charge in [-0.2, -0.15) is 0 Å². The van der Waals surface area contributed by atoms with Crippen LogP contribution in [0.5, 0.6) is 17.2 Å². The number of benzene rings is 2. The molecule has 2 N–H and O–H groups in total. The second-order valence-electron chi connectivity index (χ2n) is 4.41. The lowest BCUT2D eigenvalue weighted by Gasteiger charge is -2.09. The van der Waals surface area contributed by atoms with Crippen molar-refractivity contribution in [2.75, 3.05) is 14.2 Å². The first-order valence-electron chi connectivity index (χ1n) is 6.42. The van der Waals surface area contributed by atoms with Gasteiger partial charge < -0.3 is 19.9 Å². The summed E-state index contributed by atoms with van der Waals surface area (Å²) in [6, 6.07) is 11.9. The van der Waals surface area contributed by atoms with Crippen molar-refractivity contribution in [3.63, 3.8) is 0 Å². The molecule has 0 heterocycles. The van der Waals surface area contributed by atoms with E-state index < -0.39 is 0 Å². The van der Waals surface area contributed by atoms with Crippen LogP contribution >= 0.6 is 0 Å². The van der Waals surface area contributed by atoms with Gasteiger partial charge in [-0.25, -0.2) is 0 Å². The third-order valence-electron chi connectivity index (χ3n) is 3.06. The molecule has 0 bridgehead atoms. The molecule has 0 aromatic heterocycles. The van der Waals surface area contributed by atoms with Crippen molar-refractivity contribution in [3.8, 4) is 17.2 Å². The Morgan fingerprint density at radius 2 is 1.67 bits per heavy atom. The van der Waals surface area contributed by atoms with Gasteiger partial charge in [-0.05, 0) is 35.9 Å². The smallest absolute Gasteiger partial charge is 0.255 e. The van der Waals surface area contributed by atoms with Gasteiger partial charge in [-0.15, -0.1) is 0 Å². The molecule has 0 aliphatic heterocycles. The van der Waals surface area contributed by atoms with Gasteiger partial charge in [0, 0.05) is 6.54 Å². The van der Waals surface area contributed by atoms with E-state index in [4.69, 9.17) is 9.47 Å². The van der Waals surface area contributed by atoms with Crippen LogP contribution in [0.15, 0.2) is 42.5 Å². The first-order chi connectivity index (χ1) is 10.1. The number of nitrogens with one attached hydrogen (secondary N) is 1. The number of rotatable bonds is 5. The topological polar surface area (TPSA) is 67.8 Å². The summed E-state index contributed by atoms with van der Waals surface area (Å²) in [5.74, 6) is 0.836. The van der Waals surface area contributed by atoms with Crippen LogP contribution in [0, 0.1) is 0 Å². The maximum absolute atomic E-state index is 12.1. The summed E-state index contributed by atoms with van der Waals surface area (Å²) in [5.41, 5.74) is 1.12. The van der Waals surface area contributed by atoms with Gasteiger partial charge in [-0.3, -0.25) is 4.79 Å². The molecule has 0 radical (unpaired) electrons. The fraction of sp³-hybridized carbons (Fsp3) is 0.188. The predicted molar refractivity (Wildman–Crippen MR) is 78.8 cm³/mol. The molecule has 0 aliphatic carbocycles. The Morgan fingerprint density at radius 1 is 1.05 bits per heavy atom. The fourth-order valence-electron chi connectivity index (χ4n) is 1.84. The number of amides is 1. The number of methoxy groups -OCH3 is 2. The number of phenolic OH excluding ortho intramolecular Hbond substituents is 1. The van der Waals surface area contributed by atoms with Gasteiger partial charge in [0.05, 0.1) is 19.8 Å². The number of phenols is 1. The van der Waals surface area contributed by atoms with Crippen molar-refractivity contribution in [1.29, 1.82) is 0 Å². The molecule has 21 heavy (non-hydrogen) atoms. The Labute approximate surface area is 123 Å². The van der Waals surface area contributed by atoms with Gasteiger partial charge in [-0.1, -0.05) is 12.1 Å². The number of aromatic hydroxyl groups is 1. The summed E-state index contributed by atoms with van der Waals surface area (Å²) in [4.78, 5) is 12.1. The molecule has 0 unspecified atom stereocenters. The Kier molecular flexibility index (Phi) is 4.66. The Bertz CT molecular complexity index is 623. The van der Waals surface area contributed by atoms with E-state index in [1.807, 2.05) is 24.3 Å². The van der Waals surface area contributed by atoms with Crippen LogP contribution in [0.4, 0.5) is 0 Å². The van der Waals surface area contributed by atoms with E-state index in [1.165, 1.54) is 19.2 Å². The lowest BCUT2D eigenvalue weighted by Crippen LogP contribution is -2.22. The lowest BCUT2D eigenvalue weighted by molar-refractivity contribution is 0.0948. The first kappa shape index (κ1) is 14.7. The summed E-state index contributed by atoms with van der Waals surface area (Å²) in [7, 11) is 3.10. The number of hydrogen-bond donors (Lipinski definition) is 2. The average Bonchev–Trinajstić information content (AvgIpc) is 2.53. The van der Waals surface area contributed by atoms with E-state index in [1.54, 1.807) is 13.2 Å². The van der Waals surface area contributed by atoms with E-state index in [2.05, 4.69) is 5.32 Å². The Morgan fingerprint density at radius 3 is 2.29 bits per heavy atom. The van der Waals surface area contributed by atoms with Crippen molar-refractivity contribution in [2.45, 2.75) is 6.54 Å². The molecule has 2 aromatic rings. The predicted octanol–water partition coefficient (Wildman–Crippen LogP) is 2.34. The molecular weight excluding hydrogens is 270 g/mol. The first-order valence-corrected chi connectivity index (χ1v) is 6.42. The normalized spacial score (nSPS) is 10.0. The van der Waals surface area contributed by atoms with Crippen LogP contribution < -0.4 is 14.8 Å². The van der Waals surface area contributed by atoms with Gasteiger partial charge in [0.25, 0.3) is 5.91 Å². The zero-order valence-electron chi connectivity index (χ0n) is 11.9. The number of ether oxygens (including phenoxy) is 2. The standard InChI is InChI=1S/C16H17NO4/c1-20-12-5-3-11(4-6-12)10-17-16(19)14-9-13(21-2)7-8-15(14)18/h3-9,18H,10H2,1-2H3,(H,17,19). The zero-order chi connectivity index (χ0) is 15.2. The minimum atomic E-state index is -0.359. The van der Waals surface area contributed by atoms with Crippen molar-refractivity contribution in [1.82, 2.24) is 5.32 Å². The molecule has 0 aliphatic rings. The molecule has 0 atom stereocenters. The largest absolute Gasteiger partial charge is 0.507 e. The molecular formula is C16H17NO4. The van der Waals surface area contributed by atoms with Crippen LogP contribution in [0.25, 0.3) is 0 Å². The molecule has 0 saturated heterocycles. The highest BCUT2D eigenvalue weighted by Crippen LogP contribution is 2.22. The van der Waals surface area contributed by atoms with Crippen LogP contribution in [0.1, 0.15) is 15.9 Å².